The largest absolute Gasteiger partial charge is 0.491 e. The SMILES string of the molecule is Cc1ccc(C(C)C)c(OCCN2C(=O)S/C(=C\c3ccc(-c4ccccc4C#N)o3)C2=O)c1. The summed E-state index contributed by atoms with van der Waals surface area (Å²) in [7, 11) is 0. The first-order valence-corrected chi connectivity index (χ1v) is 11.8. The van der Waals surface area contributed by atoms with Crippen molar-refractivity contribution in [2.75, 3.05) is 13.2 Å². The third-order valence-electron chi connectivity index (χ3n) is 5.45. The Balaban J connectivity index is 1.44. The second kappa shape index (κ2) is 10.0. The van der Waals surface area contributed by atoms with Crippen molar-refractivity contribution in [2.45, 2.75) is 26.7 Å². The minimum absolute atomic E-state index is 0.159. The minimum Gasteiger partial charge on any atom is -0.491 e. The van der Waals surface area contributed by atoms with E-state index in [4.69, 9.17) is 9.15 Å². The second-order valence-electron chi connectivity index (χ2n) is 8.24. The van der Waals surface area contributed by atoms with Crippen LogP contribution in [0.4, 0.5) is 4.79 Å². The lowest BCUT2D eigenvalue weighted by Crippen LogP contribution is -2.32. The molecule has 3 aromatic rings. The van der Waals surface area contributed by atoms with Crippen LogP contribution in [0.3, 0.4) is 0 Å². The van der Waals surface area contributed by atoms with E-state index in [9.17, 15) is 14.9 Å². The molecular formula is C27H24N2O4S. The summed E-state index contributed by atoms with van der Waals surface area (Å²) >= 11 is 0.877. The van der Waals surface area contributed by atoms with E-state index in [1.165, 1.54) is 4.90 Å². The number of imide groups is 1. The first kappa shape index (κ1) is 23.4. The predicted octanol–water partition coefficient (Wildman–Crippen LogP) is 6.37. The molecule has 0 saturated carbocycles. The summed E-state index contributed by atoms with van der Waals surface area (Å²) < 4.78 is 11.8. The van der Waals surface area contributed by atoms with Crippen LogP contribution in [0.2, 0.25) is 0 Å². The summed E-state index contributed by atoms with van der Waals surface area (Å²) in [5.41, 5.74) is 3.35. The first-order chi connectivity index (χ1) is 16.4. The van der Waals surface area contributed by atoms with Crippen molar-refractivity contribution in [3.05, 3.63) is 82.0 Å². The Morgan fingerprint density at radius 2 is 1.94 bits per heavy atom. The van der Waals surface area contributed by atoms with Gasteiger partial charge >= 0.3 is 0 Å². The van der Waals surface area contributed by atoms with Gasteiger partial charge in [0.15, 0.2) is 0 Å². The van der Waals surface area contributed by atoms with E-state index in [0.29, 0.717) is 28.6 Å². The molecule has 1 aliphatic heterocycles. The molecule has 1 aromatic heterocycles. The Morgan fingerprint density at radius 1 is 1.15 bits per heavy atom. The zero-order chi connectivity index (χ0) is 24.2. The van der Waals surface area contributed by atoms with Crippen LogP contribution < -0.4 is 4.74 Å². The van der Waals surface area contributed by atoms with Crippen molar-refractivity contribution < 1.29 is 18.7 Å². The number of aryl methyl sites for hydroxylation is 1. The minimum atomic E-state index is -0.373. The van der Waals surface area contributed by atoms with E-state index in [1.54, 1.807) is 36.4 Å². The number of amides is 2. The topological polar surface area (TPSA) is 83.5 Å². The maximum absolute atomic E-state index is 12.8. The molecule has 172 valence electrons. The molecule has 2 heterocycles. The fourth-order valence-corrected chi connectivity index (χ4v) is 4.53. The number of thioether (sulfide) groups is 1. The van der Waals surface area contributed by atoms with Gasteiger partial charge in [-0.25, -0.2) is 0 Å². The number of nitriles is 1. The number of hydrogen-bond acceptors (Lipinski definition) is 6. The maximum Gasteiger partial charge on any atom is 0.293 e. The monoisotopic (exact) mass is 472 g/mol. The first-order valence-electron chi connectivity index (χ1n) is 11.0. The number of furan rings is 1. The smallest absolute Gasteiger partial charge is 0.293 e. The van der Waals surface area contributed by atoms with Crippen molar-refractivity contribution in [1.29, 1.82) is 5.26 Å². The standard InChI is InChI=1S/C27H24N2O4S/c1-17(2)21-10-8-18(3)14-24(21)32-13-12-29-26(30)25(34-27(29)31)15-20-9-11-23(33-20)22-7-5-4-6-19(22)16-28/h4-11,14-15,17H,12-13H2,1-3H3/b25-15-. The molecule has 0 atom stereocenters. The quantitative estimate of drug-likeness (QED) is 0.372. The van der Waals surface area contributed by atoms with E-state index in [0.717, 1.165) is 28.6 Å². The van der Waals surface area contributed by atoms with Crippen LogP contribution in [-0.2, 0) is 4.79 Å². The number of benzene rings is 2. The maximum atomic E-state index is 12.8. The Bertz CT molecular complexity index is 1320. The van der Waals surface area contributed by atoms with E-state index < -0.39 is 0 Å². The molecular weight excluding hydrogens is 448 g/mol. The lowest BCUT2D eigenvalue weighted by Gasteiger charge is -2.17. The highest BCUT2D eigenvalue weighted by Gasteiger charge is 2.35. The number of hydrogen-bond donors (Lipinski definition) is 0. The zero-order valence-corrected chi connectivity index (χ0v) is 20.0. The Labute approximate surface area is 202 Å². The van der Waals surface area contributed by atoms with E-state index in [2.05, 4.69) is 19.9 Å². The fraction of sp³-hybridized carbons (Fsp3) is 0.222. The van der Waals surface area contributed by atoms with E-state index in [1.807, 2.05) is 31.2 Å². The van der Waals surface area contributed by atoms with Crippen LogP contribution >= 0.6 is 11.8 Å². The van der Waals surface area contributed by atoms with Gasteiger partial charge in [0.05, 0.1) is 23.1 Å². The van der Waals surface area contributed by atoms with Crippen LogP contribution in [-0.4, -0.2) is 29.2 Å². The molecule has 0 aliphatic carbocycles. The molecule has 4 rings (SSSR count). The summed E-state index contributed by atoms with van der Waals surface area (Å²) in [6.45, 7) is 6.56. The number of rotatable bonds is 7. The number of carbonyl (C=O) groups excluding carboxylic acids is 2. The molecule has 0 bridgehead atoms. The summed E-state index contributed by atoms with van der Waals surface area (Å²) in [4.78, 5) is 26.8. The van der Waals surface area contributed by atoms with Gasteiger partial charge in [-0.15, -0.1) is 0 Å². The average molecular weight is 473 g/mol. The van der Waals surface area contributed by atoms with Gasteiger partial charge in [0.25, 0.3) is 11.1 Å². The molecule has 0 unspecified atom stereocenters. The number of nitrogens with zero attached hydrogens (tertiary/aromatic N) is 2. The van der Waals surface area contributed by atoms with E-state index in [-0.39, 0.29) is 29.2 Å². The Morgan fingerprint density at radius 3 is 2.71 bits per heavy atom. The lowest BCUT2D eigenvalue weighted by molar-refractivity contribution is -0.123. The molecule has 0 radical (unpaired) electrons. The molecule has 1 aliphatic rings. The fourth-order valence-electron chi connectivity index (χ4n) is 3.68. The lowest BCUT2D eigenvalue weighted by atomic mass is 10.0. The van der Waals surface area contributed by atoms with Crippen molar-refractivity contribution in [3.8, 4) is 23.1 Å². The summed E-state index contributed by atoms with van der Waals surface area (Å²) in [5.74, 6) is 1.66. The highest BCUT2D eigenvalue weighted by molar-refractivity contribution is 8.18. The van der Waals surface area contributed by atoms with Gasteiger partial charge in [0, 0.05) is 11.6 Å². The van der Waals surface area contributed by atoms with E-state index >= 15 is 0 Å². The molecule has 7 heteroatoms. The Kier molecular flexibility index (Phi) is 6.90. The Hall–Kier alpha value is -3.76. The van der Waals surface area contributed by atoms with Crippen molar-refractivity contribution >= 4 is 29.0 Å². The van der Waals surface area contributed by atoms with Gasteiger partial charge in [-0.1, -0.05) is 38.1 Å². The van der Waals surface area contributed by atoms with Gasteiger partial charge in [0.1, 0.15) is 23.9 Å². The summed E-state index contributed by atoms with van der Waals surface area (Å²) in [6.07, 6.45) is 1.56. The van der Waals surface area contributed by atoms with Gasteiger partial charge in [0.2, 0.25) is 0 Å². The van der Waals surface area contributed by atoms with Gasteiger partial charge in [-0.05, 0) is 66.1 Å². The van der Waals surface area contributed by atoms with Crippen LogP contribution in [0.25, 0.3) is 17.4 Å². The number of carbonyl (C=O) groups is 2. The summed E-state index contributed by atoms with van der Waals surface area (Å²) in [5, 5.41) is 8.97. The molecule has 2 amide bonds. The molecule has 6 nitrogen and oxygen atoms in total. The third-order valence-corrected chi connectivity index (χ3v) is 6.36. The van der Waals surface area contributed by atoms with Crippen LogP contribution in [0, 0.1) is 18.3 Å². The van der Waals surface area contributed by atoms with Crippen molar-refractivity contribution in [3.63, 3.8) is 0 Å². The van der Waals surface area contributed by atoms with Gasteiger partial charge in [-0.3, -0.25) is 14.5 Å². The average Bonchev–Trinajstić information content (AvgIpc) is 3.38. The van der Waals surface area contributed by atoms with Crippen LogP contribution in [0.1, 0.15) is 42.2 Å². The third kappa shape index (κ3) is 4.92. The molecule has 34 heavy (non-hydrogen) atoms. The summed E-state index contributed by atoms with van der Waals surface area (Å²) in [6, 6.07) is 18.8. The highest BCUT2D eigenvalue weighted by atomic mass is 32.2. The normalized spacial score (nSPS) is 14.8. The molecule has 0 N–H and O–H groups in total. The molecule has 1 fully saturated rings. The molecule has 2 aromatic carbocycles. The van der Waals surface area contributed by atoms with Crippen LogP contribution in [0.15, 0.2) is 63.9 Å². The number of ether oxygens (including phenoxy) is 1. The molecule has 1 saturated heterocycles. The van der Waals surface area contributed by atoms with Crippen molar-refractivity contribution in [1.82, 2.24) is 4.90 Å². The predicted molar refractivity (Wildman–Crippen MR) is 132 cm³/mol. The van der Waals surface area contributed by atoms with Crippen LogP contribution in [0.5, 0.6) is 5.75 Å². The second-order valence-corrected chi connectivity index (χ2v) is 9.23. The zero-order valence-electron chi connectivity index (χ0n) is 19.2. The van der Waals surface area contributed by atoms with Gasteiger partial charge in [-0.2, -0.15) is 5.26 Å². The highest BCUT2D eigenvalue weighted by Crippen LogP contribution is 2.34. The molecule has 0 spiro atoms. The van der Waals surface area contributed by atoms with Crippen molar-refractivity contribution in [2.24, 2.45) is 0 Å². The van der Waals surface area contributed by atoms with Gasteiger partial charge < -0.3 is 9.15 Å².